The second kappa shape index (κ2) is 11.6. The number of hydrogen-bond donors (Lipinski definition) is 3. The predicted molar refractivity (Wildman–Crippen MR) is 151 cm³/mol. The van der Waals surface area contributed by atoms with E-state index in [1.807, 2.05) is 33.8 Å². The molecule has 0 radical (unpaired) electrons. The monoisotopic (exact) mass is 559 g/mol. The van der Waals surface area contributed by atoms with E-state index in [0.717, 1.165) is 42.6 Å². The number of aromatic amines is 1. The van der Waals surface area contributed by atoms with Crippen LogP contribution in [-0.4, -0.2) is 42.9 Å². The third-order valence-corrected chi connectivity index (χ3v) is 7.23. The Hall–Kier alpha value is -4.41. The fourth-order valence-electron chi connectivity index (χ4n) is 5.06. The van der Waals surface area contributed by atoms with Crippen LogP contribution in [0, 0.1) is 5.82 Å². The Kier molecular flexibility index (Phi) is 7.96. The summed E-state index contributed by atoms with van der Waals surface area (Å²) in [4.78, 5) is 41.2. The van der Waals surface area contributed by atoms with Crippen LogP contribution in [-0.2, 0) is 16.8 Å². The van der Waals surface area contributed by atoms with Gasteiger partial charge in [0.1, 0.15) is 11.6 Å². The number of rotatable bonds is 7. The number of amides is 2. The molecule has 4 aromatic rings. The Morgan fingerprint density at radius 2 is 2.02 bits per heavy atom. The number of H-pyrrole nitrogens is 1. The van der Waals surface area contributed by atoms with E-state index in [1.165, 1.54) is 12.1 Å². The molecule has 1 fully saturated rings. The van der Waals surface area contributed by atoms with E-state index in [1.54, 1.807) is 24.4 Å². The lowest BCUT2D eigenvalue weighted by molar-refractivity contribution is -0.117. The molecular weight excluding hydrogens is 525 g/mol. The molecule has 0 spiro atoms. The minimum Gasteiger partial charge on any atom is -0.350 e. The first-order valence-electron chi connectivity index (χ1n) is 13.8. The van der Waals surface area contributed by atoms with Gasteiger partial charge < -0.3 is 20.1 Å². The first-order chi connectivity index (χ1) is 19.6. The molecule has 1 aliphatic rings. The van der Waals surface area contributed by atoms with Gasteiger partial charge in [0, 0.05) is 41.2 Å². The lowest BCUT2D eigenvalue weighted by Gasteiger charge is -2.28. The van der Waals surface area contributed by atoms with E-state index in [4.69, 9.17) is 9.51 Å². The Labute approximate surface area is 237 Å². The summed E-state index contributed by atoms with van der Waals surface area (Å²) >= 11 is 0. The van der Waals surface area contributed by atoms with Crippen molar-refractivity contribution < 1.29 is 18.5 Å². The van der Waals surface area contributed by atoms with E-state index in [9.17, 15) is 9.59 Å². The zero-order valence-electron chi connectivity index (χ0n) is 23.6. The highest BCUT2D eigenvalue weighted by molar-refractivity contribution is 5.90. The van der Waals surface area contributed by atoms with E-state index in [0.29, 0.717) is 22.6 Å². The molecule has 3 heterocycles. The molecule has 1 aliphatic carbocycles. The third-order valence-electron chi connectivity index (χ3n) is 7.23. The number of nitrogens with zero attached hydrogens (tertiary/aromatic N) is 4. The van der Waals surface area contributed by atoms with Crippen molar-refractivity contribution in [3.05, 3.63) is 71.5 Å². The first kappa shape index (κ1) is 28.1. The van der Waals surface area contributed by atoms with Crippen LogP contribution >= 0.6 is 0 Å². The Morgan fingerprint density at radius 1 is 1.20 bits per heavy atom. The molecule has 1 aromatic carbocycles. The van der Waals surface area contributed by atoms with E-state index in [-0.39, 0.29) is 35.7 Å². The first-order valence-corrected chi connectivity index (χ1v) is 13.8. The number of carbonyl (C=O) groups is 2. The summed E-state index contributed by atoms with van der Waals surface area (Å²) in [5, 5.41) is 9.56. The molecule has 214 valence electrons. The lowest BCUT2D eigenvalue weighted by atomic mass is 9.85. The van der Waals surface area contributed by atoms with Gasteiger partial charge in [0.15, 0.2) is 11.5 Å². The molecule has 2 unspecified atom stereocenters. The van der Waals surface area contributed by atoms with E-state index in [2.05, 4.69) is 30.7 Å². The van der Waals surface area contributed by atoms with Crippen molar-refractivity contribution in [1.29, 1.82) is 0 Å². The van der Waals surface area contributed by atoms with Gasteiger partial charge in [0.2, 0.25) is 5.91 Å². The smallest absolute Gasteiger partial charge is 0.315 e. The second-order valence-corrected chi connectivity index (χ2v) is 11.4. The van der Waals surface area contributed by atoms with E-state index >= 15 is 4.39 Å². The number of hydrogen-bond acceptors (Lipinski definition) is 7. The highest BCUT2D eigenvalue weighted by Gasteiger charge is 2.27. The molecule has 0 aliphatic heterocycles. The van der Waals surface area contributed by atoms with Gasteiger partial charge in [-0.1, -0.05) is 50.6 Å². The predicted octanol–water partition coefficient (Wildman–Crippen LogP) is 5.09. The number of imidazole rings is 1. The number of halogens is 1. The molecule has 0 saturated heterocycles. The molecule has 11 heteroatoms. The molecule has 2 amide bonds. The summed E-state index contributed by atoms with van der Waals surface area (Å²) in [5.74, 6) is 0.127. The summed E-state index contributed by atoms with van der Waals surface area (Å²) in [5.41, 5.74) is 2.68. The van der Waals surface area contributed by atoms with Gasteiger partial charge in [0.25, 0.3) is 0 Å². The molecule has 0 bridgehead atoms. The topological polar surface area (TPSA) is 139 Å². The quantitative estimate of drug-likeness (QED) is 0.268. The zero-order chi connectivity index (χ0) is 29.1. The van der Waals surface area contributed by atoms with Crippen molar-refractivity contribution in [1.82, 2.24) is 35.7 Å². The zero-order valence-corrected chi connectivity index (χ0v) is 23.6. The second-order valence-electron chi connectivity index (χ2n) is 11.4. The number of fused-ring (bicyclic) bond motifs is 1. The summed E-state index contributed by atoms with van der Waals surface area (Å²) in [6.45, 7) is 7.52. The maximum atomic E-state index is 15.2. The normalized spacial score (nSPS) is 17.7. The molecule has 1 saturated carbocycles. The number of benzene rings is 1. The van der Waals surface area contributed by atoms with Gasteiger partial charge in [-0.3, -0.25) is 9.59 Å². The van der Waals surface area contributed by atoms with Crippen molar-refractivity contribution in [2.75, 3.05) is 0 Å². The Bertz CT molecular complexity index is 1600. The van der Waals surface area contributed by atoms with E-state index < -0.39 is 11.7 Å². The van der Waals surface area contributed by atoms with Gasteiger partial charge in [0.05, 0.1) is 5.52 Å². The maximum absolute atomic E-state index is 15.2. The Balaban J connectivity index is 1.30. The standard InChI is InChI=1S/C30H34FN7O3/c1-5-7-23(39)34-20-9-6-8-18(14-20)25-35-24-21(12-13-32-26(24)36-25)17-10-11-19(22(31)15-17)16-33-27(40)28-37-29(38-41-28)30(2,3)4/h5,7,10-13,15,18,20H,6,8-9,14,16H2,1-4H3,(H,33,40)(H,34,39)(H,32,35,36)/b7-5+. The number of aromatic nitrogens is 5. The van der Waals surface area contributed by atoms with Crippen LogP contribution in [0.2, 0.25) is 0 Å². The number of pyridine rings is 1. The van der Waals surface area contributed by atoms with Gasteiger partial charge in [-0.05, 0) is 50.0 Å². The number of carbonyl (C=O) groups excluding carboxylic acids is 2. The van der Waals surface area contributed by atoms with Crippen LogP contribution in [0.15, 0.2) is 47.1 Å². The molecular formula is C30H34FN7O3. The largest absolute Gasteiger partial charge is 0.350 e. The van der Waals surface area contributed by atoms with Crippen LogP contribution < -0.4 is 10.6 Å². The number of allylic oxidation sites excluding steroid dienone is 1. The summed E-state index contributed by atoms with van der Waals surface area (Å²) in [6.07, 6.45) is 8.59. The molecule has 10 nitrogen and oxygen atoms in total. The minimum atomic E-state index is -0.566. The highest BCUT2D eigenvalue weighted by Crippen LogP contribution is 2.34. The van der Waals surface area contributed by atoms with Crippen LogP contribution in [0.1, 0.15) is 87.2 Å². The minimum absolute atomic E-state index is 0.0361. The Morgan fingerprint density at radius 3 is 2.76 bits per heavy atom. The lowest BCUT2D eigenvalue weighted by Crippen LogP contribution is -2.37. The fourth-order valence-corrected chi connectivity index (χ4v) is 5.06. The van der Waals surface area contributed by atoms with Crippen molar-refractivity contribution in [3.8, 4) is 11.1 Å². The van der Waals surface area contributed by atoms with Crippen LogP contribution in [0.5, 0.6) is 0 Å². The summed E-state index contributed by atoms with van der Waals surface area (Å²) < 4.78 is 20.2. The average molecular weight is 560 g/mol. The SMILES string of the molecule is C/C=C/C(=O)NC1CCCC(c2nc3nccc(-c4ccc(CNC(=O)c5nc(C(C)(C)C)no5)c(F)c4)c3[nH]2)C1. The van der Waals surface area contributed by atoms with Gasteiger partial charge in [-0.2, -0.15) is 4.98 Å². The number of nitrogens with one attached hydrogen (secondary N) is 3. The van der Waals surface area contributed by atoms with Crippen LogP contribution in [0.3, 0.4) is 0 Å². The van der Waals surface area contributed by atoms with Gasteiger partial charge >= 0.3 is 11.8 Å². The molecule has 3 N–H and O–H groups in total. The van der Waals surface area contributed by atoms with Gasteiger partial charge in [-0.15, -0.1) is 0 Å². The van der Waals surface area contributed by atoms with Crippen molar-refractivity contribution in [3.63, 3.8) is 0 Å². The van der Waals surface area contributed by atoms with Crippen LogP contribution in [0.25, 0.3) is 22.3 Å². The third kappa shape index (κ3) is 6.34. The highest BCUT2D eigenvalue weighted by atomic mass is 19.1. The van der Waals surface area contributed by atoms with Crippen molar-refractivity contribution in [2.45, 2.75) is 77.3 Å². The molecule has 2 atom stereocenters. The molecule has 41 heavy (non-hydrogen) atoms. The van der Waals surface area contributed by atoms with Crippen LogP contribution in [0.4, 0.5) is 4.39 Å². The summed E-state index contributed by atoms with van der Waals surface area (Å²) in [6, 6.07) is 6.79. The van der Waals surface area contributed by atoms with Gasteiger partial charge in [-0.25, -0.2) is 14.4 Å². The maximum Gasteiger partial charge on any atom is 0.315 e. The van der Waals surface area contributed by atoms with Crippen molar-refractivity contribution in [2.24, 2.45) is 0 Å². The fraction of sp³-hybridized carbons (Fsp3) is 0.400. The van der Waals surface area contributed by atoms with Crippen molar-refractivity contribution >= 4 is 23.0 Å². The molecule has 3 aromatic heterocycles. The summed E-state index contributed by atoms with van der Waals surface area (Å²) in [7, 11) is 0. The average Bonchev–Trinajstić information content (AvgIpc) is 3.61. The molecule has 5 rings (SSSR count).